The van der Waals surface area contributed by atoms with Gasteiger partial charge in [0, 0.05) is 29.1 Å². The summed E-state index contributed by atoms with van der Waals surface area (Å²) in [7, 11) is 0. The van der Waals surface area contributed by atoms with Crippen LogP contribution in [0.1, 0.15) is 63.6 Å². The molecule has 3 heterocycles. The minimum absolute atomic E-state index is 0.00270. The number of nitrogen functional groups attached to an aromatic ring is 1. The molecule has 8 nitrogen and oxygen atoms in total. The van der Waals surface area contributed by atoms with Crippen LogP contribution in [0, 0.1) is 11.3 Å². The fourth-order valence-corrected chi connectivity index (χ4v) is 5.95. The number of nitrogens with one attached hydrogen (secondary N) is 1. The summed E-state index contributed by atoms with van der Waals surface area (Å²) in [6.45, 7) is 6.08. The van der Waals surface area contributed by atoms with Gasteiger partial charge in [0.15, 0.2) is 0 Å². The quantitative estimate of drug-likeness (QED) is 0.270. The molecule has 4 aromatic rings. The van der Waals surface area contributed by atoms with Crippen molar-refractivity contribution in [1.29, 1.82) is 0 Å². The number of hydrogen-bond acceptors (Lipinski definition) is 6. The molecule has 1 fully saturated rings. The van der Waals surface area contributed by atoms with Gasteiger partial charge in [-0.25, -0.2) is 9.50 Å². The van der Waals surface area contributed by atoms with E-state index in [0.717, 1.165) is 46.9 Å². The predicted molar refractivity (Wildman–Crippen MR) is 150 cm³/mol. The van der Waals surface area contributed by atoms with E-state index in [0.29, 0.717) is 24.3 Å². The highest BCUT2D eigenvalue weighted by Gasteiger charge is 2.50. The molecule has 8 heteroatoms. The maximum atomic E-state index is 12.5. The van der Waals surface area contributed by atoms with Crippen LogP contribution in [-0.2, 0) is 11.2 Å². The number of nitrogens with two attached hydrogens (primary N) is 1. The van der Waals surface area contributed by atoms with Gasteiger partial charge in [0.2, 0.25) is 5.91 Å². The highest BCUT2D eigenvalue weighted by atomic mass is 16.3. The van der Waals surface area contributed by atoms with Crippen LogP contribution in [0.2, 0.25) is 0 Å². The van der Waals surface area contributed by atoms with Crippen molar-refractivity contribution in [2.75, 3.05) is 11.1 Å². The van der Waals surface area contributed by atoms with Crippen molar-refractivity contribution < 1.29 is 15.0 Å². The number of rotatable bonds is 8. The lowest BCUT2D eigenvalue weighted by molar-refractivity contribution is -0.120. The molecule has 0 unspecified atom stereocenters. The van der Waals surface area contributed by atoms with Crippen molar-refractivity contribution >= 4 is 33.8 Å². The van der Waals surface area contributed by atoms with Gasteiger partial charge in [-0.1, -0.05) is 32.9 Å². The van der Waals surface area contributed by atoms with Crippen LogP contribution < -0.4 is 11.1 Å². The molecule has 0 spiro atoms. The minimum Gasteiger partial charge on any atom is -0.397 e. The first-order valence-corrected chi connectivity index (χ1v) is 13.5. The maximum absolute atomic E-state index is 12.5. The van der Waals surface area contributed by atoms with E-state index in [1.54, 1.807) is 16.8 Å². The number of carbonyl (C=O) groups excluding carboxylic acids is 1. The normalized spacial score (nSPS) is 23.5. The average molecular weight is 516 g/mol. The van der Waals surface area contributed by atoms with E-state index >= 15 is 0 Å². The Morgan fingerprint density at radius 2 is 1.92 bits per heavy atom. The summed E-state index contributed by atoms with van der Waals surface area (Å²) in [6.07, 6.45) is 3.57. The third-order valence-electron chi connectivity index (χ3n) is 8.48. The van der Waals surface area contributed by atoms with Gasteiger partial charge in [-0.2, -0.15) is 5.10 Å². The standard InChI is InChI=1S/C30H37N5O3/c1-4-19(5-2)29(38)34-26-11-8-20-7-6-18(16-23(20)33-26)12-14-30(3)17-21(27(36)28(30)37)24-9-10-25-22(31)13-15-32-35(24)25/h6-11,13,15-16,19,21,27-28,36-37H,4-5,12,14,17,31H2,1-3H3,(H,33,34,38)/t21-,27-,28-,30-/m0/s1. The second-order valence-electron chi connectivity index (χ2n) is 11.0. The zero-order valence-electron chi connectivity index (χ0n) is 22.3. The molecule has 200 valence electrons. The third kappa shape index (κ3) is 4.74. The summed E-state index contributed by atoms with van der Waals surface area (Å²) in [5, 5.41) is 30.5. The number of carbonyl (C=O) groups is 1. The Balaban J connectivity index is 1.32. The zero-order chi connectivity index (χ0) is 27.0. The van der Waals surface area contributed by atoms with Crippen molar-refractivity contribution in [2.24, 2.45) is 11.3 Å². The van der Waals surface area contributed by atoms with Crippen LogP contribution >= 0.6 is 0 Å². The van der Waals surface area contributed by atoms with E-state index in [1.165, 1.54) is 0 Å². The zero-order valence-corrected chi connectivity index (χ0v) is 22.3. The molecule has 5 rings (SSSR count). The Bertz CT molecular complexity index is 1460. The number of aliphatic hydroxyl groups is 2. The Labute approximate surface area is 222 Å². The molecule has 1 aromatic carbocycles. The monoisotopic (exact) mass is 515 g/mol. The summed E-state index contributed by atoms with van der Waals surface area (Å²) in [5.41, 5.74) is 9.84. The molecular formula is C30H37N5O3. The van der Waals surface area contributed by atoms with Crippen LogP contribution in [0.25, 0.3) is 16.4 Å². The van der Waals surface area contributed by atoms with Crippen LogP contribution in [0.3, 0.4) is 0 Å². The second kappa shape index (κ2) is 10.3. The number of hydrogen-bond donors (Lipinski definition) is 4. The first kappa shape index (κ1) is 26.1. The lowest BCUT2D eigenvalue weighted by Gasteiger charge is -2.28. The number of nitrogens with zero attached hydrogens (tertiary/aromatic N) is 3. The predicted octanol–water partition coefficient (Wildman–Crippen LogP) is 4.69. The number of benzene rings is 1. The van der Waals surface area contributed by atoms with Crippen molar-refractivity contribution in [1.82, 2.24) is 14.6 Å². The summed E-state index contributed by atoms with van der Waals surface area (Å²) >= 11 is 0. The molecule has 3 aromatic heterocycles. The van der Waals surface area contributed by atoms with Crippen molar-refractivity contribution in [2.45, 2.75) is 71.0 Å². The lowest BCUT2D eigenvalue weighted by Crippen LogP contribution is -2.34. The molecule has 0 saturated heterocycles. The van der Waals surface area contributed by atoms with E-state index in [9.17, 15) is 15.0 Å². The van der Waals surface area contributed by atoms with Crippen LogP contribution in [0.5, 0.6) is 0 Å². The number of fused-ring (bicyclic) bond motifs is 2. The Kier molecular flexibility index (Phi) is 7.11. The number of anilines is 2. The van der Waals surface area contributed by atoms with Gasteiger partial charge in [-0.15, -0.1) is 0 Å². The molecule has 1 aliphatic rings. The molecule has 0 radical (unpaired) electrons. The first-order valence-electron chi connectivity index (χ1n) is 13.5. The third-order valence-corrected chi connectivity index (χ3v) is 8.48. The van der Waals surface area contributed by atoms with Crippen LogP contribution in [0.15, 0.2) is 54.7 Å². The average Bonchev–Trinajstić information content (AvgIpc) is 3.44. The highest BCUT2D eigenvalue weighted by molar-refractivity contribution is 5.93. The largest absolute Gasteiger partial charge is 0.397 e. The molecule has 5 N–H and O–H groups in total. The summed E-state index contributed by atoms with van der Waals surface area (Å²) in [4.78, 5) is 17.2. The summed E-state index contributed by atoms with van der Waals surface area (Å²) in [5.74, 6) is 0.299. The molecule has 1 amide bonds. The van der Waals surface area contributed by atoms with Crippen LogP contribution in [-0.4, -0.2) is 42.9 Å². The lowest BCUT2D eigenvalue weighted by atomic mass is 9.80. The Morgan fingerprint density at radius 3 is 2.68 bits per heavy atom. The van der Waals surface area contributed by atoms with E-state index in [2.05, 4.69) is 16.5 Å². The molecule has 0 aliphatic heterocycles. The number of aromatic nitrogens is 3. The molecule has 1 saturated carbocycles. The maximum Gasteiger partial charge on any atom is 0.228 e. The van der Waals surface area contributed by atoms with E-state index in [1.807, 2.05) is 57.2 Å². The van der Waals surface area contributed by atoms with Gasteiger partial charge in [0.1, 0.15) is 5.82 Å². The topological polar surface area (TPSA) is 126 Å². The fourth-order valence-electron chi connectivity index (χ4n) is 5.95. The molecule has 4 atom stereocenters. The Morgan fingerprint density at radius 1 is 1.16 bits per heavy atom. The molecular weight excluding hydrogens is 478 g/mol. The second-order valence-corrected chi connectivity index (χ2v) is 11.0. The van der Waals surface area contributed by atoms with Crippen molar-refractivity contribution in [3.8, 4) is 0 Å². The first-order chi connectivity index (χ1) is 18.2. The SMILES string of the molecule is CCC(CC)C(=O)Nc1ccc2ccc(CC[C@@]3(C)C[C@@H](c4ccc5c(N)ccnn45)[C@H](O)[C@@H]3O)cc2n1. The van der Waals surface area contributed by atoms with Gasteiger partial charge >= 0.3 is 0 Å². The number of aliphatic hydroxyl groups excluding tert-OH is 2. The van der Waals surface area contributed by atoms with Gasteiger partial charge < -0.3 is 21.3 Å². The number of amides is 1. The van der Waals surface area contributed by atoms with E-state index in [4.69, 9.17) is 10.7 Å². The van der Waals surface area contributed by atoms with E-state index in [-0.39, 0.29) is 17.7 Å². The van der Waals surface area contributed by atoms with Gasteiger partial charge in [-0.05, 0) is 79.5 Å². The minimum atomic E-state index is -0.888. The van der Waals surface area contributed by atoms with Gasteiger partial charge in [0.05, 0.1) is 28.9 Å². The molecule has 38 heavy (non-hydrogen) atoms. The summed E-state index contributed by atoms with van der Waals surface area (Å²) in [6, 6.07) is 15.6. The van der Waals surface area contributed by atoms with E-state index < -0.39 is 17.6 Å². The van der Waals surface area contributed by atoms with Gasteiger partial charge in [0.25, 0.3) is 0 Å². The molecule has 0 bridgehead atoms. The number of aryl methyl sites for hydroxylation is 1. The highest BCUT2D eigenvalue weighted by Crippen LogP contribution is 2.49. The summed E-state index contributed by atoms with van der Waals surface area (Å²) < 4.78 is 1.77. The molecule has 1 aliphatic carbocycles. The van der Waals surface area contributed by atoms with Crippen molar-refractivity contribution in [3.05, 3.63) is 66.0 Å². The van der Waals surface area contributed by atoms with Crippen molar-refractivity contribution in [3.63, 3.8) is 0 Å². The smallest absolute Gasteiger partial charge is 0.228 e. The number of pyridine rings is 1. The fraction of sp³-hybridized carbons (Fsp3) is 0.433. The van der Waals surface area contributed by atoms with Crippen LogP contribution in [0.4, 0.5) is 11.5 Å². The Hall–Kier alpha value is -3.49. The van der Waals surface area contributed by atoms with Gasteiger partial charge in [-0.3, -0.25) is 4.79 Å².